The zero-order valence-corrected chi connectivity index (χ0v) is 11.7. The van der Waals surface area contributed by atoms with Crippen LogP contribution in [-0.2, 0) is 0 Å². The van der Waals surface area contributed by atoms with Crippen LogP contribution < -0.4 is 14.9 Å². The Bertz CT molecular complexity index is 425. The molecule has 6 heteroatoms. The van der Waals surface area contributed by atoms with Gasteiger partial charge in [-0.1, -0.05) is 26.2 Å². The molecule has 0 aliphatic heterocycles. The molecule has 0 unspecified atom stereocenters. The molecule has 0 saturated carbocycles. The van der Waals surface area contributed by atoms with Crippen LogP contribution in [0.25, 0.3) is 0 Å². The number of hydrogen-bond acceptors (Lipinski definition) is 2. The first-order valence-electron chi connectivity index (χ1n) is 6.14. The van der Waals surface area contributed by atoms with Gasteiger partial charge in [0.05, 0.1) is 19.5 Å². The number of halogens is 3. The summed E-state index contributed by atoms with van der Waals surface area (Å²) in [6, 6.07) is 3.76. The van der Waals surface area contributed by atoms with Gasteiger partial charge in [0.1, 0.15) is 5.75 Å². The SMILES string of the molecule is COc1ccc(OCCC(C)(C)C)c([B-](F)(F)F)c1. The fraction of sp³-hybridized carbons (Fsp3) is 0.538. The average Bonchev–Trinajstić information content (AvgIpc) is 2.26. The van der Waals surface area contributed by atoms with Gasteiger partial charge >= 0.3 is 6.98 Å². The zero-order valence-electron chi connectivity index (χ0n) is 11.7. The van der Waals surface area contributed by atoms with Crippen molar-refractivity contribution in [1.29, 1.82) is 0 Å². The van der Waals surface area contributed by atoms with Crippen LogP contribution in [0.2, 0.25) is 0 Å². The number of rotatable bonds is 5. The van der Waals surface area contributed by atoms with E-state index in [-0.39, 0.29) is 23.5 Å². The lowest BCUT2D eigenvalue weighted by molar-refractivity contribution is 0.243. The smallest absolute Gasteiger partial charge is 0.497 e. The van der Waals surface area contributed by atoms with Crippen LogP contribution in [0.5, 0.6) is 11.5 Å². The highest BCUT2D eigenvalue weighted by atomic mass is 19.4. The summed E-state index contributed by atoms with van der Waals surface area (Å²) in [5, 5.41) is 0. The predicted octanol–water partition coefficient (Wildman–Crippen LogP) is 3.56. The summed E-state index contributed by atoms with van der Waals surface area (Å²) in [5.74, 6) is 0.0509. The van der Waals surface area contributed by atoms with Crippen molar-refractivity contribution in [3.05, 3.63) is 18.2 Å². The molecule has 1 aromatic rings. The maximum atomic E-state index is 13.0. The van der Waals surface area contributed by atoms with Crippen molar-refractivity contribution in [1.82, 2.24) is 0 Å². The summed E-state index contributed by atoms with van der Waals surface area (Å²) in [4.78, 5) is 0. The lowest BCUT2D eigenvalue weighted by atomic mass is 9.79. The summed E-state index contributed by atoms with van der Waals surface area (Å²) in [6.07, 6.45) is 0.684. The Labute approximate surface area is 112 Å². The molecule has 0 saturated heterocycles. The van der Waals surface area contributed by atoms with Gasteiger partial charge in [0.2, 0.25) is 0 Å². The predicted molar refractivity (Wildman–Crippen MR) is 71.3 cm³/mol. The van der Waals surface area contributed by atoms with Crippen LogP contribution >= 0.6 is 0 Å². The minimum absolute atomic E-state index is 0.0238. The van der Waals surface area contributed by atoms with E-state index in [1.54, 1.807) is 0 Å². The van der Waals surface area contributed by atoms with E-state index in [0.29, 0.717) is 6.42 Å². The van der Waals surface area contributed by atoms with Crippen molar-refractivity contribution in [2.24, 2.45) is 5.41 Å². The maximum Gasteiger partial charge on any atom is 0.513 e. The first-order chi connectivity index (χ1) is 8.63. The topological polar surface area (TPSA) is 18.5 Å². The number of ether oxygens (including phenoxy) is 2. The highest BCUT2D eigenvalue weighted by molar-refractivity contribution is 6.74. The summed E-state index contributed by atoms with van der Waals surface area (Å²) in [6.45, 7) is 1.18. The van der Waals surface area contributed by atoms with Gasteiger partial charge in [-0.15, -0.1) is 0 Å². The molecule has 1 rings (SSSR count). The van der Waals surface area contributed by atoms with Crippen molar-refractivity contribution in [2.75, 3.05) is 13.7 Å². The van der Waals surface area contributed by atoms with Crippen molar-refractivity contribution in [2.45, 2.75) is 27.2 Å². The Morgan fingerprint density at radius 2 is 1.79 bits per heavy atom. The minimum Gasteiger partial charge on any atom is -0.497 e. The molecular weight excluding hydrogens is 256 g/mol. The second kappa shape index (κ2) is 5.76. The van der Waals surface area contributed by atoms with Gasteiger partial charge in [-0.25, -0.2) is 0 Å². The van der Waals surface area contributed by atoms with Crippen LogP contribution in [0.15, 0.2) is 18.2 Å². The van der Waals surface area contributed by atoms with E-state index < -0.39 is 12.4 Å². The fourth-order valence-corrected chi connectivity index (χ4v) is 1.51. The Morgan fingerprint density at radius 1 is 1.16 bits per heavy atom. The highest BCUT2D eigenvalue weighted by Crippen LogP contribution is 2.24. The molecular formula is C13H19BF3O2-. The average molecular weight is 275 g/mol. The summed E-state index contributed by atoms with van der Waals surface area (Å²) in [7, 11) is 1.34. The van der Waals surface area contributed by atoms with Gasteiger partial charge < -0.3 is 22.4 Å². The first-order valence-corrected chi connectivity index (χ1v) is 6.14. The molecule has 0 fully saturated rings. The Balaban J connectivity index is 2.88. The molecule has 0 amide bonds. The van der Waals surface area contributed by atoms with Crippen LogP contribution in [0.1, 0.15) is 27.2 Å². The monoisotopic (exact) mass is 275 g/mol. The molecule has 1 aromatic carbocycles. The van der Waals surface area contributed by atoms with Crippen LogP contribution in [0.4, 0.5) is 12.9 Å². The van der Waals surface area contributed by atoms with E-state index in [1.807, 2.05) is 20.8 Å². The Kier molecular flexibility index (Phi) is 4.77. The maximum absolute atomic E-state index is 13.0. The van der Waals surface area contributed by atoms with Crippen LogP contribution in [-0.4, -0.2) is 20.7 Å². The van der Waals surface area contributed by atoms with Gasteiger partial charge in [0.25, 0.3) is 0 Å². The lowest BCUT2D eigenvalue weighted by Gasteiger charge is -2.23. The van der Waals surface area contributed by atoms with E-state index in [1.165, 1.54) is 19.2 Å². The number of benzene rings is 1. The molecule has 0 heterocycles. The summed E-state index contributed by atoms with van der Waals surface area (Å²) >= 11 is 0. The summed E-state index contributed by atoms with van der Waals surface area (Å²) < 4.78 is 49.0. The van der Waals surface area contributed by atoms with Crippen LogP contribution in [0, 0.1) is 5.41 Å². The molecule has 2 nitrogen and oxygen atoms in total. The van der Waals surface area contributed by atoms with Gasteiger partial charge in [-0.05, 0) is 30.0 Å². The van der Waals surface area contributed by atoms with Crippen molar-refractivity contribution in [3.63, 3.8) is 0 Å². The molecule has 0 radical (unpaired) electrons. The van der Waals surface area contributed by atoms with E-state index in [2.05, 4.69) is 0 Å². The van der Waals surface area contributed by atoms with Gasteiger partial charge in [-0.2, -0.15) is 0 Å². The molecule has 0 N–H and O–H groups in total. The normalized spacial score (nSPS) is 12.4. The second-order valence-electron chi connectivity index (χ2n) is 5.64. The molecule has 0 atom stereocenters. The molecule has 19 heavy (non-hydrogen) atoms. The van der Waals surface area contributed by atoms with E-state index in [4.69, 9.17) is 9.47 Å². The van der Waals surface area contributed by atoms with E-state index in [9.17, 15) is 12.9 Å². The lowest BCUT2D eigenvalue weighted by Crippen LogP contribution is -2.35. The first kappa shape index (κ1) is 15.7. The number of methoxy groups -OCH3 is 1. The third-order valence-electron chi connectivity index (χ3n) is 2.68. The Hall–Kier alpha value is -1.33. The molecule has 0 aromatic heterocycles. The fourth-order valence-electron chi connectivity index (χ4n) is 1.51. The second-order valence-corrected chi connectivity index (χ2v) is 5.64. The third-order valence-corrected chi connectivity index (χ3v) is 2.68. The quantitative estimate of drug-likeness (QED) is 0.765. The third kappa shape index (κ3) is 5.05. The summed E-state index contributed by atoms with van der Waals surface area (Å²) in [5.41, 5.74) is -0.719. The Morgan fingerprint density at radius 3 is 2.26 bits per heavy atom. The standard InChI is InChI=1S/C13H19BF3O2/c1-13(2,3)7-8-19-12-6-5-10(18-4)9-11(12)14(15,16)17/h5-6,9H,7-8H2,1-4H3/q-1. The van der Waals surface area contributed by atoms with Crippen LogP contribution in [0.3, 0.4) is 0 Å². The van der Waals surface area contributed by atoms with Gasteiger partial charge in [0, 0.05) is 0 Å². The molecule has 0 aliphatic carbocycles. The van der Waals surface area contributed by atoms with E-state index >= 15 is 0 Å². The molecule has 108 valence electrons. The van der Waals surface area contributed by atoms with Crippen molar-refractivity contribution >= 4 is 12.4 Å². The number of hydrogen-bond donors (Lipinski definition) is 0. The molecule has 0 aliphatic rings. The van der Waals surface area contributed by atoms with Gasteiger partial charge in [0.15, 0.2) is 0 Å². The largest absolute Gasteiger partial charge is 0.513 e. The van der Waals surface area contributed by atoms with Crippen molar-refractivity contribution in [3.8, 4) is 11.5 Å². The highest BCUT2D eigenvalue weighted by Gasteiger charge is 2.30. The minimum atomic E-state index is -5.12. The molecule has 0 spiro atoms. The van der Waals surface area contributed by atoms with Crippen molar-refractivity contribution < 1.29 is 22.4 Å². The van der Waals surface area contributed by atoms with Gasteiger partial charge in [-0.3, -0.25) is 0 Å². The van der Waals surface area contributed by atoms with E-state index in [0.717, 1.165) is 6.07 Å². The zero-order chi connectivity index (χ0) is 14.7. The molecule has 0 bridgehead atoms.